The zero-order chi connectivity index (χ0) is 13.0. The molecule has 2 atom stereocenters. The third-order valence-electron chi connectivity index (χ3n) is 4.56. The molecule has 2 rings (SSSR count). The Kier molecular flexibility index (Phi) is 5.04. The summed E-state index contributed by atoms with van der Waals surface area (Å²) in [7, 11) is 1.97. The number of carbonyl (C=O) groups is 1. The van der Waals surface area contributed by atoms with E-state index in [1.807, 2.05) is 11.9 Å². The van der Waals surface area contributed by atoms with Crippen molar-refractivity contribution in [3.05, 3.63) is 0 Å². The quantitative estimate of drug-likeness (QED) is 0.737. The second-order valence-corrected chi connectivity index (χ2v) is 6.20. The average molecular weight is 252 g/mol. The Morgan fingerprint density at radius 2 is 1.89 bits per heavy atom. The maximum absolute atomic E-state index is 12.1. The van der Waals surface area contributed by atoms with Crippen LogP contribution in [0.3, 0.4) is 0 Å². The van der Waals surface area contributed by atoms with E-state index in [4.69, 9.17) is 0 Å². The van der Waals surface area contributed by atoms with Crippen LogP contribution >= 0.6 is 0 Å². The second kappa shape index (κ2) is 6.55. The molecule has 0 aromatic rings. The fourth-order valence-corrected chi connectivity index (χ4v) is 3.47. The van der Waals surface area contributed by atoms with Gasteiger partial charge in [0.2, 0.25) is 5.91 Å². The van der Waals surface area contributed by atoms with Crippen LogP contribution in [-0.2, 0) is 4.79 Å². The third kappa shape index (κ3) is 3.71. The third-order valence-corrected chi connectivity index (χ3v) is 4.56. The molecule has 1 amide bonds. The summed E-state index contributed by atoms with van der Waals surface area (Å²) in [6.45, 7) is 3.14. The second-order valence-electron chi connectivity index (χ2n) is 6.20. The van der Waals surface area contributed by atoms with Gasteiger partial charge in [0.25, 0.3) is 0 Å². The van der Waals surface area contributed by atoms with Crippen LogP contribution in [0.5, 0.6) is 0 Å². The van der Waals surface area contributed by atoms with Crippen LogP contribution in [0.4, 0.5) is 0 Å². The van der Waals surface area contributed by atoms with Crippen LogP contribution in [0.25, 0.3) is 0 Å². The Bertz CT molecular complexity index is 268. The molecule has 0 aliphatic carbocycles. The van der Waals surface area contributed by atoms with Crippen LogP contribution in [-0.4, -0.2) is 36.5 Å². The number of piperidine rings is 1. The molecule has 1 N–H and O–H groups in total. The van der Waals surface area contributed by atoms with E-state index in [2.05, 4.69) is 12.2 Å². The van der Waals surface area contributed by atoms with E-state index < -0.39 is 0 Å². The summed E-state index contributed by atoms with van der Waals surface area (Å²) >= 11 is 0. The molecule has 104 valence electrons. The van der Waals surface area contributed by atoms with Crippen molar-refractivity contribution in [2.24, 2.45) is 5.92 Å². The highest BCUT2D eigenvalue weighted by atomic mass is 16.2. The van der Waals surface area contributed by atoms with Gasteiger partial charge >= 0.3 is 0 Å². The minimum atomic E-state index is 0.359. The topological polar surface area (TPSA) is 32.3 Å². The summed E-state index contributed by atoms with van der Waals surface area (Å²) in [5.74, 6) is 0.988. The lowest BCUT2D eigenvalue weighted by Crippen LogP contribution is -2.40. The monoisotopic (exact) mass is 252 g/mol. The molecule has 0 aromatic heterocycles. The predicted molar refractivity (Wildman–Crippen MR) is 74.4 cm³/mol. The van der Waals surface area contributed by atoms with Crippen molar-refractivity contribution in [1.29, 1.82) is 0 Å². The maximum atomic E-state index is 12.1. The van der Waals surface area contributed by atoms with E-state index >= 15 is 0 Å². The number of carbonyl (C=O) groups excluding carboxylic acids is 1. The van der Waals surface area contributed by atoms with Gasteiger partial charge in [-0.2, -0.15) is 0 Å². The summed E-state index contributed by atoms with van der Waals surface area (Å²) in [5, 5.41) is 3.64. The van der Waals surface area contributed by atoms with E-state index in [1.54, 1.807) is 0 Å². The Hall–Kier alpha value is -0.570. The van der Waals surface area contributed by atoms with Gasteiger partial charge in [0, 0.05) is 32.1 Å². The van der Waals surface area contributed by atoms with E-state index in [9.17, 15) is 4.79 Å². The molecule has 2 fully saturated rings. The van der Waals surface area contributed by atoms with Crippen molar-refractivity contribution in [3.8, 4) is 0 Å². The largest absolute Gasteiger partial charge is 0.346 e. The first kappa shape index (κ1) is 13.9. The number of nitrogens with one attached hydrogen (secondary N) is 1. The van der Waals surface area contributed by atoms with Crippen molar-refractivity contribution in [1.82, 2.24) is 10.2 Å². The summed E-state index contributed by atoms with van der Waals surface area (Å²) < 4.78 is 0. The zero-order valence-corrected chi connectivity index (χ0v) is 12.0. The van der Waals surface area contributed by atoms with E-state index in [0.717, 1.165) is 19.4 Å². The molecule has 0 radical (unpaired) electrons. The highest BCUT2D eigenvalue weighted by molar-refractivity contribution is 5.76. The highest BCUT2D eigenvalue weighted by Crippen LogP contribution is 2.32. The predicted octanol–water partition coefficient (Wildman–Crippen LogP) is 2.56. The molecule has 2 unspecified atom stereocenters. The van der Waals surface area contributed by atoms with Gasteiger partial charge in [0.05, 0.1) is 0 Å². The molecule has 2 heterocycles. The van der Waals surface area contributed by atoms with Crippen LogP contribution < -0.4 is 5.32 Å². The summed E-state index contributed by atoms with van der Waals surface area (Å²) in [5.41, 5.74) is 0. The first-order valence-corrected chi connectivity index (χ1v) is 7.69. The molecule has 2 bridgehead atoms. The number of hydrogen-bond donors (Lipinski definition) is 1. The molecular weight excluding hydrogens is 224 g/mol. The molecule has 3 heteroatoms. The Morgan fingerprint density at radius 3 is 2.50 bits per heavy atom. The normalized spacial score (nSPS) is 30.4. The van der Waals surface area contributed by atoms with Crippen molar-refractivity contribution in [2.45, 2.75) is 70.4 Å². The SMILES string of the molecule is CCCCCN(C)C(=O)CC1CC2CCC(C1)N2. The molecule has 2 aliphatic heterocycles. The molecule has 0 spiro atoms. The van der Waals surface area contributed by atoms with Gasteiger partial charge in [0.15, 0.2) is 0 Å². The number of rotatable bonds is 6. The molecule has 18 heavy (non-hydrogen) atoms. The maximum Gasteiger partial charge on any atom is 0.222 e. The van der Waals surface area contributed by atoms with Gasteiger partial charge in [-0.3, -0.25) is 4.79 Å². The fraction of sp³-hybridized carbons (Fsp3) is 0.933. The zero-order valence-electron chi connectivity index (χ0n) is 12.0. The summed E-state index contributed by atoms with van der Waals surface area (Å²) in [4.78, 5) is 14.1. The summed E-state index contributed by atoms with van der Waals surface area (Å²) in [6, 6.07) is 1.40. The Morgan fingerprint density at radius 1 is 1.22 bits per heavy atom. The van der Waals surface area contributed by atoms with Gasteiger partial charge in [0.1, 0.15) is 0 Å². The lowest BCUT2D eigenvalue weighted by Gasteiger charge is -2.30. The van der Waals surface area contributed by atoms with Crippen LogP contribution in [0.15, 0.2) is 0 Å². The molecule has 3 nitrogen and oxygen atoms in total. The van der Waals surface area contributed by atoms with Gasteiger partial charge < -0.3 is 10.2 Å². The summed E-state index contributed by atoms with van der Waals surface area (Å²) in [6.07, 6.45) is 9.45. The van der Waals surface area contributed by atoms with Crippen LogP contribution in [0, 0.1) is 5.92 Å². The number of nitrogens with zero attached hydrogens (tertiary/aromatic N) is 1. The van der Waals surface area contributed by atoms with E-state index in [1.165, 1.54) is 38.5 Å². The van der Waals surface area contributed by atoms with Crippen LogP contribution in [0.1, 0.15) is 58.3 Å². The van der Waals surface area contributed by atoms with Crippen molar-refractivity contribution in [2.75, 3.05) is 13.6 Å². The lowest BCUT2D eigenvalue weighted by atomic mass is 9.89. The van der Waals surface area contributed by atoms with Gasteiger partial charge in [-0.05, 0) is 38.0 Å². The smallest absolute Gasteiger partial charge is 0.222 e. The number of fused-ring (bicyclic) bond motifs is 2. The Balaban J connectivity index is 1.70. The van der Waals surface area contributed by atoms with E-state index in [-0.39, 0.29) is 0 Å². The first-order valence-electron chi connectivity index (χ1n) is 7.69. The van der Waals surface area contributed by atoms with Gasteiger partial charge in [-0.15, -0.1) is 0 Å². The minimum absolute atomic E-state index is 0.359. The van der Waals surface area contributed by atoms with Crippen LogP contribution in [0.2, 0.25) is 0 Å². The molecular formula is C15H28N2O. The van der Waals surface area contributed by atoms with Crippen molar-refractivity contribution in [3.63, 3.8) is 0 Å². The van der Waals surface area contributed by atoms with E-state index in [0.29, 0.717) is 23.9 Å². The molecule has 0 saturated carbocycles. The Labute approximate surface area is 111 Å². The number of unbranched alkanes of at least 4 members (excludes halogenated alkanes) is 2. The van der Waals surface area contributed by atoms with Gasteiger partial charge in [-0.1, -0.05) is 19.8 Å². The standard InChI is InChI=1S/C15H28N2O/c1-3-4-5-8-17(2)15(18)11-12-9-13-6-7-14(10-12)16-13/h12-14,16H,3-11H2,1-2H3. The van der Waals surface area contributed by atoms with Crippen molar-refractivity contribution >= 4 is 5.91 Å². The highest BCUT2D eigenvalue weighted by Gasteiger charge is 2.34. The average Bonchev–Trinajstić information content (AvgIpc) is 2.69. The van der Waals surface area contributed by atoms with Crippen molar-refractivity contribution < 1.29 is 4.79 Å². The lowest BCUT2D eigenvalue weighted by molar-refractivity contribution is -0.131. The number of amides is 1. The minimum Gasteiger partial charge on any atom is -0.346 e. The van der Waals surface area contributed by atoms with Gasteiger partial charge in [-0.25, -0.2) is 0 Å². The molecule has 2 aliphatic rings. The fourth-order valence-electron chi connectivity index (χ4n) is 3.47. The number of hydrogen-bond acceptors (Lipinski definition) is 2. The first-order chi connectivity index (χ1) is 8.69. The molecule has 2 saturated heterocycles. The molecule has 0 aromatic carbocycles.